The van der Waals surface area contributed by atoms with Crippen LogP contribution in [0.25, 0.3) is 0 Å². The number of ether oxygens (including phenoxy) is 1. The molecule has 0 bridgehead atoms. The molecule has 0 aliphatic rings. The lowest BCUT2D eigenvalue weighted by atomic mass is 10.3. The molecule has 2 aromatic rings. The van der Waals surface area contributed by atoms with E-state index in [1.54, 1.807) is 18.3 Å². The van der Waals surface area contributed by atoms with Crippen LogP contribution in [0.4, 0.5) is 0 Å². The van der Waals surface area contributed by atoms with Gasteiger partial charge < -0.3 is 9.72 Å². The Morgan fingerprint density at radius 1 is 1.38 bits per heavy atom. The summed E-state index contributed by atoms with van der Waals surface area (Å²) in [7, 11) is 0. The summed E-state index contributed by atoms with van der Waals surface area (Å²) in [4.78, 5) is 17.8. The Kier molecular flexibility index (Phi) is 3.00. The highest BCUT2D eigenvalue weighted by molar-refractivity contribution is 5.16. The first-order chi connectivity index (χ1) is 7.74. The molecule has 2 rings (SSSR count). The van der Waals surface area contributed by atoms with Crippen LogP contribution in [-0.4, -0.2) is 9.97 Å². The predicted octanol–water partition coefficient (Wildman–Crippen LogP) is 1.66. The number of nitrogens with one attached hydrogen (secondary N) is 1. The van der Waals surface area contributed by atoms with Crippen molar-refractivity contribution in [2.75, 3.05) is 0 Å². The quantitative estimate of drug-likeness (QED) is 0.848. The van der Waals surface area contributed by atoms with Crippen LogP contribution in [0.2, 0.25) is 0 Å². The van der Waals surface area contributed by atoms with Crippen molar-refractivity contribution in [3.05, 3.63) is 58.1 Å². The van der Waals surface area contributed by atoms with Crippen molar-refractivity contribution in [2.45, 2.75) is 13.5 Å². The van der Waals surface area contributed by atoms with Crippen LogP contribution in [0.5, 0.6) is 5.88 Å². The van der Waals surface area contributed by atoms with E-state index in [1.807, 2.05) is 19.1 Å². The molecule has 0 radical (unpaired) electrons. The van der Waals surface area contributed by atoms with E-state index in [4.69, 9.17) is 4.74 Å². The number of rotatable bonds is 3. The fourth-order valence-electron chi connectivity index (χ4n) is 1.33. The van der Waals surface area contributed by atoms with Gasteiger partial charge in [0.25, 0.3) is 0 Å². The van der Waals surface area contributed by atoms with Gasteiger partial charge in [0.15, 0.2) is 0 Å². The van der Waals surface area contributed by atoms with Gasteiger partial charge in [-0.05, 0) is 24.6 Å². The highest BCUT2D eigenvalue weighted by Crippen LogP contribution is 2.08. The van der Waals surface area contributed by atoms with Gasteiger partial charge in [-0.15, -0.1) is 0 Å². The van der Waals surface area contributed by atoms with Crippen LogP contribution in [0, 0.1) is 6.92 Å². The maximum atomic E-state index is 11.0. The molecule has 0 aliphatic carbocycles. The van der Waals surface area contributed by atoms with Gasteiger partial charge in [0.1, 0.15) is 6.61 Å². The smallest absolute Gasteiger partial charge is 0.248 e. The average Bonchev–Trinajstić information content (AvgIpc) is 2.27. The first kappa shape index (κ1) is 10.4. The molecule has 0 atom stereocenters. The van der Waals surface area contributed by atoms with Crippen LogP contribution in [0.15, 0.2) is 41.3 Å². The van der Waals surface area contributed by atoms with Crippen LogP contribution in [0.3, 0.4) is 0 Å². The van der Waals surface area contributed by atoms with Crippen LogP contribution in [-0.2, 0) is 6.61 Å². The Morgan fingerprint density at radius 2 is 2.25 bits per heavy atom. The third-order valence-electron chi connectivity index (χ3n) is 2.09. The standard InChI is InChI=1S/C12H12N2O2/c1-9-3-2-4-12(14-9)16-8-10-5-6-13-11(15)7-10/h2-7H,8H2,1H3,(H,13,15). The predicted molar refractivity (Wildman–Crippen MR) is 60.4 cm³/mol. The minimum atomic E-state index is -0.127. The van der Waals surface area contributed by atoms with Crippen molar-refractivity contribution in [1.29, 1.82) is 0 Å². The van der Waals surface area contributed by atoms with Gasteiger partial charge in [-0.2, -0.15) is 0 Å². The Labute approximate surface area is 92.9 Å². The van der Waals surface area contributed by atoms with E-state index in [2.05, 4.69) is 9.97 Å². The van der Waals surface area contributed by atoms with E-state index in [0.29, 0.717) is 12.5 Å². The summed E-state index contributed by atoms with van der Waals surface area (Å²) in [6.45, 7) is 2.25. The molecule has 0 saturated carbocycles. The second kappa shape index (κ2) is 4.61. The van der Waals surface area contributed by atoms with Crippen molar-refractivity contribution in [2.24, 2.45) is 0 Å². The van der Waals surface area contributed by atoms with E-state index in [1.165, 1.54) is 6.07 Å². The molecule has 0 unspecified atom stereocenters. The summed E-state index contributed by atoms with van der Waals surface area (Å²) in [6.07, 6.45) is 1.60. The minimum Gasteiger partial charge on any atom is -0.473 e. The summed E-state index contributed by atoms with van der Waals surface area (Å²) < 4.78 is 5.46. The number of aromatic nitrogens is 2. The van der Waals surface area contributed by atoms with Crippen molar-refractivity contribution in [3.8, 4) is 5.88 Å². The van der Waals surface area contributed by atoms with Gasteiger partial charge in [0, 0.05) is 24.0 Å². The van der Waals surface area contributed by atoms with Crippen molar-refractivity contribution < 1.29 is 4.74 Å². The van der Waals surface area contributed by atoms with Gasteiger partial charge in [-0.3, -0.25) is 4.79 Å². The Hall–Kier alpha value is -2.10. The molecular formula is C12H12N2O2. The van der Waals surface area contributed by atoms with Gasteiger partial charge in [-0.25, -0.2) is 4.98 Å². The number of hydrogen-bond acceptors (Lipinski definition) is 3. The van der Waals surface area contributed by atoms with Crippen LogP contribution >= 0.6 is 0 Å². The number of aryl methyl sites for hydroxylation is 1. The highest BCUT2D eigenvalue weighted by Gasteiger charge is 1.97. The van der Waals surface area contributed by atoms with Crippen molar-refractivity contribution >= 4 is 0 Å². The highest BCUT2D eigenvalue weighted by atomic mass is 16.5. The maximum Gasteiger partial charge on any atom is 0.248 e. The second-order valence-corrected chi connectivity index (χ2v) is 3.47. The summed E-state index contributed by atoms with van der Waals surface area (Å²) >= 11 is 0. The molecular weight excluding hydrogens is 204 g/mol. The summed E-state index contributed by atoms with van der Waals surface area (Å²) in [5, 5.41) is 0. The normalized spacial score (nSPS) is 10.1. The zero-order chi connectivity index (χ0) is 11.4. The SMILES string of the molecule is Cc1cccc(OCc2cc[nH]c(=O)c2)n1. The fourth-order valence-corrected chi connectivity index (χ4v) is 1.33. The monoisotopic (exact) mass is 216 g/mol. The second-order valence-electron chi connectivity index (χ2n) is 3.47. The lowest BCUT2D eigenvalue weighted by Gasteiger charge is -2.05. The first-order valence-electron chi connectivity index (χ1n) is 4.98. The Bertz CT molecular complexity index is 534. The molecule has 0 aliphatic heterocycles. The van der Waals surface area contributed by atoms with E-state index in [0.717, 1.165) is 11.3 Å². The molecule has 0 fully saturated rings. The average molecular weight is 216 g/mol. The van der Waals surface area contributed by atoms with E-state index >= 15 is 0 Å². The van der Waals surface area contributed by atoms with E-state index in [9.17, 15) is 4.79 Å². The summed E-state index contributed by atoms with van der Waals surface area (Å²) in [5.41, 5.74) is 1.61. The van der Waals surface area contributed by atoms with E-state index in [-0.39, 0.29) is 5.56 Å². The Balaban J connectivity index is 2.05. The molecule has 2 heterocycles. The summed E-state index contributed by atoms with van der Waals surface area (Å²) in [5.74, 6) is 0.570. The summed E-state index contributed by atoms with van der Waals surface area (Å²) in [6, 6.07) is 8.89. The molecule has 0 spiro atoms. The third-order valence-corrected chi connectivity index (χ3v) is 2.09. The molecule has 2 aromatic heterocycles. The van der Waals surface area contributed by atoms with Gasteiger partial charge >= 0.3 is 0 Å². The number of hydrogen-bond donors (Lipinski definition) is 1. The molecule has 82 valence electrons. The van der Waals surface area contributed by atoms with Gasteiger partial charge in [-0.1, -0.05) is 6.07 Å². The molecule has 4 nitrogen and oxygen atoms in total. The van der Waals surface area contributed by atoms with E-state index < -0.39 is 0 Å². The van der Waals surface area contributed by atoms with Crippen LogP contribution in [0.1, 0.15) is 11.3 Å². The lowest BCUT2D eigenvalue weighted by Crippen LogP contribution is -2.06. The van der Waals surface area contributed by atoms with Crippen molar-refractivity contribution in [3.63, 3.8) is 0 Å². The molecule has 4 heteroatoms. The largest absolute Gasteiger partial charge is 0.473 e. The molecule has 16 heavy (non-hydrogen) atoms. The number of pyridine rings is 2. The number of H-pyrrole nitrogens is 1. The molecule has 0 saturated heterocycles. The third kappa shape index (κ3) is 2.70. The topological polar surface area (TPSA) is 55.0 Å². The number of nitrogens with zero attached hydrogens (tertiary/aromatic N) is 1. The molecule has 1 N–H and O–H groups in total. The molecule has 0 aromatic carbocycles. The number of aromatic amines is 1. The fraction of sp³-hybridized carbons (Fsp3) is 0.167. The molecule has 0 amide bonds. The van der Waals surface area contributed by atoms with Crippen molar-refractivity contribution in [1.82, 2.24) is 9.97 Å². The van der Waals surface area contributed by atoms with Crippen LogP contribution < -0.4 is 10.3 Å². The zero-order valence-corrected chi connectivity index (χ0v) is 8.93. The Morgan fingerprint density at radius 3 is 3.00 bits per heavy atom. The first-order valence-corrected chi connectivity index (χ1v) is 4.98. The maximum absolute atomic E-state index is 11.0. The minimum absolute atomic E-state index is 0.127. The zero-order valence-electron chi connectivity index (χ0n) is 8.93. The lowest BCUT2D eigenvalue weighted by molar-refractivity contribution is 0.293. The van der Waals surface area contributed by atoms with Gasteiger partial charge in [0.05, 0.1) is 0 Å². The van der Waals surface area contributed by atoms with Gasteiger partial charge in [0.2, 0.25) is 11.4 Å².